The van der Waals surface area contributed by atoms with Crippen LogP contribution >= 0.6 is 0 Å². The van der Waals surface area contributed by atoms with Gasteiger partial charge < -0.3 is 20.5 Å². The summed E-state index contributed by atoms with van der Waals surface area (Å²) in [6.07, 6.45) is 7.01. The molecule has 0 spiro atoms. The number of anilines is 1. The van der Waals surface area contributed by atoms with Gasteiger partial charge in [0.15, 0.2) is 0 Å². The van der Waals surface area contributed by atoms with Crippen LogP contribution in [-0.4, -0.2) is 36.1 Å². The van der Waals surface area contributed by atoms with Crippen LogP contribution < -0.4 is 20.5 Å². The fourth-order valence-electron chi connectivity index (χ4n) is 3.40. The Bertz CT molecular complexity index is 949. The molecule has 1 saturated carbocycles. The molecule has 1 aromatic heterocycles. The number of fused-ring (bicyclic) bond motifs is 1. The lowest BCUT2D eigenvalue weighted by molar-refractivity contribution is 0.0994. The summed E-state index contributed by atoms with van der Waals surface area (Å²) in [7, 11) is 2.95. The van der Waals surface area contributed by atoms with Gasteiger partial charge in [0, 0.05) is 6.04 Å². The first-order valence-corrected chi connectivity index (χ1v) is 9.61. The zero-order valence-electron chi connectivity index (χ0n) is 16.7. The average Bonchev–Trinajstić information content (AvgIpc) is 3.26. The van der Waals surface area contributed by atoms with E-state index in [1.807, 2.05) is 30.5 Å². The molecule has 29 heavy (non-hydrogen) atoms. The Balaban J connectivity index is 0.000000170. The van der Waals surface area contributed by atoms with Crippen molar-refractivity contribution in [2.75, 3.05) is 19.5 Å². The normalized spacial score (nSPS) is 13.4. The third kappa shape index (κ3) is 5.13. The highest BCUT2D eigenvalue weighted by Crippen LogP contribution is 2.27. The number of aromatic nitrogens is 2. The highest BCUT2D eigenvalue weighted by Gasteiger charge is 2.15. The summed E-state index contributed by atoms with van der Waals surface area (Å²) < 4.78 is 9.94. The minimum atomic E-state index is -0.561. The SMILES string of the molecule is COc1cccc(OC)c1C(N)=O.c1ccc2nc(NC3CCCC3)cnc2c1. The van der Waals surface area contributed by atoms with Gasteiger partial charge in [-0.25, -0.2) is 4.98 Å². The molecule has 7 heteroatoms. The summed E-state index contributed by atoms with van der Waals surface area (Å²) in [4.78, 5) is 20.0. The maximum Gasteiger partial charge on any atom is 0.256 e. The zero-order valence-corrected chi connectivity index (χ0v) is 16.7. The standard InChI is InChI=1S/C13H15N3.C9H11NO3/c1-2-6-10(5-1)15-13-9-14-11-7-3-4-8-12(11)16-13;1-12-6-4-3-5-7(13-2)8(6)9(10)11/h3-4,7-10H,1-2,5-6H2,(H,15,16);3-5H,1-2H3,(H2,10,11). The smallest absolute Gasteiger partial charge is 0.256 e. The predicted octanol–water partition coefficient (Wildman–Crippen LogP) is 3.79. The first-order chi connectivity index (χ1) is 14.1. The average molecular weight is 394 g/mol. The van der Waals surface area contributed by atoms with Crippen molar-refractivity contribution in [2.24, 2.45) is 5.73 Å². The molecule has 4 rings (SSSR count). The van der Waals surface area contributed by atoms with Crippen molar-refractivity contribution in [3.8, 4) is 11.5 Å². The van der Waals surface area contributed by atoms with E-state index in [0.717, 1.165) is 16.9 Å². The number of primary amides is 1. The number of ether oxygens (including phenoxy) is 2. The number of carbonyl (C=O) groups is 1. The lowest BCUT2D eigenvalue weighted by Gasteiger charge is -2.12. The molecule has 2 aromatic carbocycles. The third-order valence-corrected chi connectivity index (χ3v) is 4.83. The fourth-order valence-corrected chi connectivity index (χ4v) is 3.40. The molecule has 7 nitrogen and oxygen atoms in total. The van der Waals surface area contributed by atoms with E-state index in [0.29, 0.717) is 17.5 Å². The van der Waals surface area contributed by atoms with Gasteiger partial charge in [-0.15, -0.1) is 0 Å². The van der Waals surface area contributed by atoms with Crippen LogP contribution in [0.2, 0.25) is 0 Å². The first kappa shape index (κ1) is 20.4. The summed E-state index contributed by atoms with van der Waals surface area (Å²) >= 11 is 0. The quantitative estimate of drug-likeness (QED) is 0.683. The molecule has 1 amide bonds. The number of hydrogen-bond acceptors (Lipinski definition) is 6. The minimum Gasteiger partial charge on any atom is -0.496 e. The van der Waals surface area contributed by atoms with Gasteiger partial charge in [0.2, 0.25) is 0 Å². The van der Waals surface area contributed by atoms with Gasteiger partial charge in [-0.1, -0.05) is 31.0 Å². The van der Waals surface area contributed by atoms with Crippen LogP contribution in [0.15, 0.2) is 48.7 Å². The van der Waals surface area contributed by atoms with Crippen molar-refractivity contribution in [3.63, 3.8) is 0 Å². The molecular formula is C22H26N4O3. The highest BCUT2D eigenvalue weighted by atomic mass is 16.5. The van der Waals surface area contributed by atoms with Gasteiger partial charge in [-0.05, 0) is 37.1 Å². The molecule has 3 N–H and O–H groups in total. The van der Waals surface area contributed by atoms with Gasteiger partial charge in [0.1, 0.15) is 22.9 Å². The van der Waals surface area contributed by atoms with Crippen LogP contribution in [0.3, 0.4) is 0 Å². The Morgan fingerprint density at radius 1 is 1.00 bits per heavy atom. The van der Waals surface area contributed by atoms with E-state index in [-0.39, 0.29) is 5.56 Å². The third-order valence-electron chi connectivity index (χ3n) is 4.83. The second-order valence-corrected chi connectivity index (χ2v) is 6.77. The molecule has 1 heterocycles. The number of nitrogens with two attached hydrogens (primary N) is 1. The van der Waals surface area contributed by atoms with Gasteiger partial charge in [-0.3, -0.25) is 9.78 Å². The number of nitrogens with zero attached hydrogens (tertiary/aromatic N) is 2. The molecule has 0 aliphatic heterocycles. The van der Waals surface area contributed by atoms with E-state index in [4.69, 9.17) is 15.2 Å². The van der Waals surface area contributed by atoms with E-state index in [1.54, 1.807) is 18.2 Å². The molecule has 0 radical (unpaired) electrons. The van der Waals surface area contributed by atoms with Gasteiger partial charge in [0.05, 0.1) is 31.4 Å². The van der Waals surface area contributed by atoms with Crippen LogP contribution in [0.5, 0.6) is 11.5 Å². The minimum absolute atomic E-state index is 0.271. The fraction of sp³-hybridized carbons (Fsp3) is 0.318. The highest BCUT2D eigenvalue weighted by molar-refractivity contribution is 5.98. The Kier molecular flexibility index (Phi) is 6.84. The van der Waals surface area contributed by atoms with Gasteiger partial charge in [0.25, 0.3) is 5.91 Å². The van der Waals surface area contributed by atoms with Crippen LogP contribution in [0, 0.1) is 0 Å². The van der Waals surface area contributed by atoms with Crippen molar-refractivity contribution in [1.82, 2.24) is 9.97 Å². The van der Waals surface area contributed by atoms with Crippen molar-refractivity contribution < 1.29 is 14.3 Å². The summed E-state index contributed by atoms with van der Waals surface area (Å²) in [6, 6.07) is 13.6. The number of methoxy groups -OCH3 is 2. The molecule has 1 fully saturated rings. The number of nitrogens with one attached hydrogen (secondary N) is 1. The van der Waals surface area contributed by atoms with Crippen molar-refractivity contribution in [1.29, 1.82) is 0 Å². The second kappa shape index (κ2) is 9.73. The largest absolute Gasteiger partial charge is 0.496 e. The summed E-state index contributed by atoms with van der Waals surface area (Å²) in [5.41, 5.74) is 7.36. The zero-order chi connectivity index (χ0) is 20.6. The molecule has 1 aliphatic carbocycles. The maximum atomic E-state index is 11.0. The summed E-state index contributed by atoms with van der Waals surface area (Å²) in [5.74, 6) is 1.19. The molecular weight excluding hydrogens is 368 g/mol. The van der Waals surface area contributed by atoms with E-state index >= 15 is 0 Å². The summed E-state index contributed by atoms with van der Waals surface area (Å²) in [6.45, 7) is 0. The Hall–Kier alpha value is -3.35. The Morgan fingerprint density at radius 3 is 2.21 bits per heavy atom. The van der Waals surface area contributed by atoms with Crippen LogP contribution in [-0.2, 0) is 0 Å². The topological polar surface area (TPSA) is 99.4 Å². The van der Waals surface area contributed by atoms with E-state index in [2.05, 4.69) is 15.3 Å². The number of rotatable bonds is 5. The lowest BCUT2D eigenvalue weighted by Crippen LogP contribution is -2.15. The van der Waals surface area contributed by atoms with Crippen LogP contribution in [0.4, 0.5) is 5.82 Å². The van der Waals surface area contributed by atoms with Gasteiger partial charge >= 0.3 is 0 Å². The van der Waals surface area contributed by atoms with Crippen LogP contribution in [0.25, 0.3) is 11.0 Å². The predicted molar refractivity (Wildman–Crippen MR) is 113 cm³/mol. The number of carbonyl (C=O) groups excluding carboxylic acids is 1. The molecule has 0 unspecified atom stereocenters. The van der Waals surface area contributed by atoms with Crippen LogP contribution in [0.1, 0.15) is 36.0 Å². The van der Waals surface area contributed by atoms with E-state index in [9.17, 15) is 4.79 Å². The van der Waals surface area contributed by atoms with Gasteiger partial charge in [-0.2, -0.15) is 0 Å². The lowest BCUT2D eigenvalue weighted by atomic mass is 10.1. The first-order valence-electron chi connectivity index (χ1n) is 9.61. The summed E-state index contributed by atoms with van der Waals surface area (Å²) in [5, 5.41) is 3.46. The molecule has 152 valence electrons. The Labute approximate surface area is 170 Å². The number of hydrogen-bond donors (Lipinski definition) is 2. The molecule has 0 bridgehead atoms. The van der Waals surface area contributed by atoms with Crippen molar-refractivity contribution in [3.05, 3.63) is 54.2 Å². The molecule has 3 aromatic rings. The number of benzene rings is 2. The van der Waals surface area contributed by atoms with Crippen molar-refractivity contribution in [2.45, 2.75) is 31.7 Å². The van der Waals surface area contributed by atoms with E-state index in [1.165, 1.54) is 39.9 Å². The van der Waals surface area contributed by atoms with Crippen molar-refractivity contribution >= 4 is 22.8 Å². The molecule has 1 aliphatic rings. The molecule has 0 atom stereocenters. The number of amides is 1. The Morgan fingerprint density at radius 2 is 1.62 bits per heavy atom. The van der Waals surface area contributed by atoms with E-state index < -0.39 is 5.91 Å². The molecule has 0 saturated heterocycles. The second-order valence-electron chi connectivity index (χ2n) is 6.77. The number of para-hydroxylation sites is 2. The monoisotopic (exact) mass is 394 g/mol. The maximum absolute atomic E-state index is 11.0.